The molecule has 114 valence electrons. The predicted octanol–water partition coefficient (Wildman–Crippen LogP) is 0.526. The summed E-state index contributed by atoms with van der Waals surface area (Å²) in [5.41, 5.74) is 0. The third-order valence-corrected chi connectivity index (χ3v) is 6.24. The largest absolute Gasteiger partial charge is 0.480 e. The summed E-state index contributed by atoms with van der Waals surface area (Å²) in [6, 6.07) is 0.858. The number of hydrogen-bond acceptors (Lipinski definition) is 7. The third kappa shape index (κ3) is 2.84. The smallest absolute Gasteiger partial charge is 0.363 e. The first-order valence-corrected chi connectivity index (χ1v) is 8.22. The fraction of sp³-hybridized carbons (Fsp3) is 0.400. The number of aliphatic carboxylic acids is 1. The summed E-state index contributed by atoms with van der Waals surface area (Å²) >= 11 is 1.21. The van der Waals surface area contributed by atoms with Gasteiger partial charge < -0.3 is 15.2 Å². The maximum absolute atomic E-state index is 12.5. The van der Waals surface area contributed by atoms with Crippen LogP contribution in [-0.2, 0) is 14.8 Å². The molecule has 2 heterocycles. The number of rotatable bonds is 4. The van der Waals surface area contributed by atoms with Crippen LogP contribution in [0.15, 0.2) is 23.2 Å². The fourth-order valence-corrected chi connectivity index (χ4v) is 5.16. The molecule has 9 nitrogen and oxygen atoms in total. The van der Waals surface area contributed by atoms with Crippen molar-refractivity contribution in [1.82, 2.24) is 9.29 Å². The summed E-state index contributed by atoms with van der Waals surface area (Å²) < 4.78 is 25.9. The summed E-state index contributed by atoms with van der Waals surface area (Å²) in [5.74, 6) is -1.56. The van der Waals surface area contributed by atoms with E-state index in [1.807, 2.05) is 0 Å². The van der Waals surface area contributed by atoms with Gasteiger partial charge in [0.1, 0.15) is 10.9 Å². The van der Waals surface area contributed by atoms with Gasteiger partial charge in [0.15, 0.2) is 6.20 Å². The van der Waals surface area contributed by atoms with Crippen molar-refractivity contribution in [3.63, 3.8) is 0 Å². The van der Waals surface area contributed by atoms with Crippen LogP contribution in [0.2, 0.25) is 0 Å². The quantitative estimate of drug-likeness (QED) is 0.623. The molecular weight excluding hydrogens is 322 g/mol. The molecule has 1 saturated heterocycles. The standard InChI is InChI=1S/C10H11N3O6S2/c1-6-12(8(5-20-6)10(14)15)21(18,19)7-2-3-9(11-4-7)13(16)17/h2-4,6,8H,5H2,1H3,(H,14,15). The molecule has 0 saturated carbocycles. The van der Waals surface area contributed by atoms with Crippen molar-refractivity contribution in [1.29, 1.82) is 0 Å². The Morgan fingerprint density at radius 3 is 2.71 bits per heavy atom. The number of nitrogens with zero attached hydrogens (tertiary/aromatic N) is 3. The zero-order valence-corrected chi connectivity index (χ0v) is 12.4. The summed E-state index contributed by atoms with van der Waals surface area (Å²) in [6.07, 6.45) is 0.863. The Bertz CT molecular complexity index is 675. The molecule has 1 N–H and O–H groups in total. The summed E-state index contributed by atoms with van der Waals surface area (Å²) in [6.45, 7) is 1.59. The van der Waals surface area contributed by atoms with Gasteiger partial charge in [-0.3, -0.25) is 4.79 Å². The van der Waals surface area contributed by atoms with Crippen LogP contribution >= 0.6 is 11.8 Å². The number of nitro groups is 1. The molecular formula is C10H11N3O6S2. The highest BCUT2D eigenvalue weighted by molar-refractivity contribution is 8.01. The highest BCUT2D eigenvalue weighted by atomic mass is 32.2. The monoisotopic (exact) mass is 333 g/mol. The minimum atomic E-state index is -4.08. The second-order valence-electron chi connectivity index (χ2n) is 4.23. The van der Waals surface area contributed by atoms with Crippen molar-refractivity contribution >= 4 is 33.6 Å². The van der Waals surface area contributed by atoms with Crippen molar-refractivity contribution in [3.05, 3.63) is 28.4 Å². The average molecular weight is 333 g/mol. The molecule has 0 radical (unpaired) electrons. The van der Waals surface area contributed by atoms with E-state index in [1.54, 1.807) is 6.92 Å². The summed E-state index contributed by atoms with van der Waals surface area (Å²) in [5, 5.41) is 19.1. The molecule has 0 spiro atoms. The zero-order chi connectivity index (χ0) is 15.8. The van der Waals surface area contributed by atoms with Crippen LogP contribution in [-0.4, -0.2) is 50.9 Å². The Labute approximate surface area is 124 Å². The van der Waals surface area contributed by atoms with Crippen LogP contribution in [0.4, 0.5) is 5.82 Å². The highest BCUT2D eigenvalue weighted by Crippen LogP contribution is 2.34. The van der Waals surface area contributed by atoms with E-state index < -0.39 is 38.1 Å². The molecule has 21 heavy (non-hydrogen) atoms. The van der Waals surface area contributed by atoms with E-state index in [1.165, 1.54) is 11.8 Å². The number of carboxylic acids is 1. The Kier molecular flexibility index (Phi) is 4.16. The van der Waals surface area contributed by atoms with Crippen molar-refractivity contribution in [3.8, 4) is 0 Å². The number of aromatic nitrogens is 1. The Morgan fingerprint density at radius 2 is 2.24 bits per heavy atom. The lowest BCUT2D eigenvalue weighted by atomic mass is 10.3. The molecule has 1 aromatic heterocycles. The second-order valence-corrected chi connectivity index (χ2v) is 7.42. The van der Waals surface area contributed by atoms with Crippen LogP contribution in [0.5, 0.6) is 0 Å². The number of carbonyl (C=O) groups is 1. The second kappa shape index (κ2) is 5.58. The van der Waals surface area contributed by atoms with E-state index in [0.29, 0.717) is 0 Å². The number of hydrogen-bond donors (Lipinski definition) is 1. The van der Waals surface area contributed by atoms with E-state index in [-0.39, 0.29) is 10.6 Å². The van der Waals surface area contributed by atoms with E-state index in [0.717, 1.165) is 22.6 Å². The normalized spacial score (nSPS) is 23.1. The minimum absolute atomic E-state index is 0.149. The van der Waals surface area contributed by atoms with E-state index in [9.17, 15) is 23.3 Å². The van der Waals surface area contributed by atoms with E-state index in [2.05, 4.69) is 4.98 Å². The van der Waals surface area contributed by atoms with Crippen LogP contribution in [0.3, 0.4) is 0 Å². The van der Waals surface area contributed by atoms with Gasteiger partial charge in [0.2, 0.25) is 10.0 Å². The molecule has 1 aliphatic rings. The van der Waals surface area contributed by atoms with Crippen molar-refractivity contribution < 1.29 is 23.2 Å². The first-order chi connectivity index (χ1) is 9.75. The van der Waals surface area contributed by atoms with Crippen molar-refractivity contribution in [2.75, 3.05) is 5.75 Å². The van der Waals surface area contributed by atoms with Crippen molar-refractivity contribution in [2.24, 2.45) is 0 Å². The third-order valence-electron chi connectivity index (χ3n) is 2.93. The number of sulfonamides is 1. The van der Waals surface area contributed by atoms with Gasteiger partial charge in [0.25, 0.3) is 0 Å². The summed E-state index contributed by atoms with van der Waals surface area (Å²) in [4.78, 5) is 24.1. The molecule has 0 aromatic carbocycles. The van der Waals surface area contributed by atoms with Gasteiger partial charge in [-0.2, -0.15) is 4.31 Å². The van der Waals surface area contributed by atoms with Crippen molar-refractivity contribution in [2.45, 2.75) is 23.2 Å². The highest BCUT2D eigenvalue weighted by Gasteiger charge is 2.45. The SMILES string of the molecule is CC1SCC(C(=O)O)N1S(=O)(=O)c1ccc([N+](=O)[O-])nc1. The van der Waals surface area contributed by atoms with Crippen LogP contribution in [0.1, 0.15) is 6.92 Å². The molecule has 1 fully saturated rings. The molecule has 11 heteroatoms. The topological polar surface area (TPSA) is 131 Å². The summed E-state index contributed by atoms with van der Waals surface area (Å²) in [7, 11) is -4.08. The maximum Gasteiger partial charge on any atom is 0.363 e. The van der Waals surface area contributed by atoms with Gasteiger partial charge in [-0.25, -0.2) is 8.42 Å². The number of carboxylic acid groups (broad SMARTS) is 1. The molecule has 1 aliphatic heterocycles. The Balaban J connectivity index is 2.40. The number of thioether (sulfide) groups is 1. The molecule has 0 bridgehead atoms. The zero-order valence-electron chi connectivity index (χ0n) is 10.7. The molecule has 2 atom stereocenters. The van der Waals surface area contributed by atoms with Crippen LogP contribution in [0, 0.1) is 10.1 Å². The first-order valence-electron chi connectivity index (χ1n) is 5.73. The van der Waals surface area contributed by atoms with Gasteiger partial charge in [0.05, 0.1) is 5.37 Å². The first kappa shape index (κ1) is 15.7. The lowest BCUT2D eigenvalue weighted by Gasteiger charge is -2.23. The predicted molar refractivity (Wildman–Crippen MR) is 73.3 cm³/mol. The van der Waals surface area contributed by atoms with Gasteiger partial charge >= 0.3 is 11.8 Å². The minimum Gasteiger partial charge on any atom is -0.480 e. The van der Waals surface area contributed by atoms with E-state index in [4.69, 9.17) is 5.11 Å². The molecule has 2 unspecified atom stereocenters. The average Bonchev–Trinajstić information content (AvgIpc) is 2.81. The van der Waals surface area contributed by atoms with Crippen LogP contribution in [0.25, 0.3) is 0 Å². The van der Waals surface area contributed by atoms with Gasteiger partial charge in [0, 0.05) is 11.8 Å². The van der Waals surface area contributed by atoms with Gasteiger partial charge in [-0.05, 0) is 22.9 Å². The molecule has 2 rings (SSSR count). The lowest BCUT2D eigenvalue weighted by Crippen LogP contribution is -2.44. The van der Waals surface area contributed by atoms with Gasteiger partial charge in [-0.15, -0.1) is 11.8 Å². The van der Waals surface area contributed by atoms with Gasteiger partial charge in [-0.1, -0.05) is 0 Å². The number of pyridine rings is 1. The molecule has 1 aromatic rings. The maximum atomic E-state index is 12.5. The van der Waals surface area contributed by atoms with E-state index >= 15 is 0 Å². The Hall–Kier alpha value is -1.72. The van der Waals surface area contributed by atoms with Crippen LogP contribution < -0.4 is 0 Å². The fourth-order valence-electron chi connectivity index (χ4n) is 1.93. The Morgan fingerprint density at radius 1 is 1.57 bits per heavy atom. The lowest BCUT2D eigenvalue weighted by molar-refractivity contribution is -0.389. The molecule has 0 aliphatic carbocycles. The molecule has 0 amide bonds.